The molecule has 12 rings (SSSR count). The van der Waals surface area contributed by atoms with Gasteiger partial charge in [0.25, 0.3) is 0 Å². The van der Waals surface area contributed by atoms with E-state index in [0.29, 0.717) is 152 Å². The van der Waals surface area contributed by atoms with Crippen LogP contribution in [0, 0.1) is 48.1 Å². The van der Waals surface area contributed by atoms with Crippen LogP contribution in [-0.2, 0) is 150 Å². The second-order valence-electron chi connectivity index (χ2n) is 32.0. The van der Waals surface area contributed by atoms with E-state index in [1.165, 1.54) is 49.6 Å². The summed E-state index contributed by atoms with van der Waals surface area (Å²) in [6.07, 6.45) is 8.79. The molecule has 4 aromatic heterocycles. The SMILES string of the molecule is C#C[Si](C)(C)C.C#Cc1cc(C(F)(F)F)cc(S(=O)(=O)NC2CCCc3c2cnn3CC(=O)O)c1.C#Cc1cc(C(F)(F)F)cc(S(=O)(=O)NC2CCCc3c2cnn3CC(=O)OCC)c1.CCOC(=O)Cn1ncc2c1CCCC2NS(=O)(=O)c1cc(Br)cc(C(F)(F)F)c1.CCOC(=O)Cn1ncc2c1CCCC2NS(=O)(=O)c1cc(C#C[Si](C)(C)C)cc(C(F)(F)F)c1.[InH3]. The Balaban J connectivity index is 0.000000235. The van der Waals surface area contributed by atoms with Gasteiger partial charge in [-0.15, -0.1) is 30.4 Å². The van der Waals surface area contributed by atoms with Crippen molar-refractivity contribution >= 4 is 122 Å². The van der Waals surface area contributed by atoms with E-state index in [-0.39, 0.29) is 93.0 Å². The van der Waals surface area contributed by atoms with Gasteiger partial charge < -0.3 is 19.3 Å². The minimum atomic E-state index is -4.76. The van der Waals surface area contributed by atoms with Crippen molar-refractivity contribution in [2.45, 2.75) is 232 Å². The molecule has 4 aliphatic rings. The van der Waals surface area contributed by atoms with Crippen molar-refractivity contribution in [1.82, 2.24) is 58.0 Å². The summed E-state index contributed by atoms with van der Waals surface area (Å²) >= 11 is 2.94. The first-order valence-electron chi connectivity index (χ1n) is 40.3. The molecule has 4 aliphatic carbocycles. The van der Waals surface area contributed by atoms with E-state index >= 15 is 0 Å². The van der Waals surface area contributed by atoms with Crippen LogP contribution in [0.2, 0.25) is 39.3 Å². The Labute approximate surface area is 784 Å². The van der Waals surface area contributed by atoms with Gasteiger partial charge >= 0.3 is 74.4 Å². The molecule has 132 heavy (non-hydrogen) atoms. The Bertz CT molecular complexity index is 6240. The molecule has 0 bridgehead atoms. The van der Waals surface area contributed by atoms with E-state index in [1.807, 2.05) is 25.6 Å². The number of ether oxygens (including phenoxy) is 3. The molecule has 0 aliphatic heterocycles. The van der Waals surface area contributed by atoms with Gasteiger partial charge in [-0.3, -0.25) is 37.9 Å². The molecule has 0 fully saturated rings. The van der Waals surface area contributed by atoms with Crippen molar-refractivity contribution in [3.8, 4) is 48.1 Å². The van der Waals surface area contributed by atoms with Gasteiger partial charge in [-0.05, 0) is 171 Å². The van der Waals surface area contributed by atoms with Crippen LogP contribution < -0.4 is 18.9 Å². The molecule has 4 aromatic carbocycles. The van der Waals surface area contributed by atoms with Gasteiger partial charge in [-0.25, -0.2) is 52.6 Å². The fraction of sp³-hybridized carbons (Fsp3) is 0.429. The first kappa shape index (κ1) is 109. The molecule has 0 saturated heterocycles. The average Bonchev–Trinajstić information content (AvgIpc) is 1.77. The Kier molecular flexibility index (Phi) is 37.5. The summed E-state index contributed by atoms with van der Waals surface area (Å²) in [5, 5.41) is 25.4. The van der Waals surface area contributed by atoms with Gasteiger partial charge in [0, 0.05) is 66.2 Å². The number of rotatable bonds is 23. The van der Waals surface area contributed by atoms with Gasteiger partial charge in [0.2, 0.25) is 40.1 Å². The number of terminal acetylenes is 3. The Morgan fingerprint density at radius 2 is 0.674 bits per heavy atom. The molecule has 4 unspecified atom stereocenters. The van der Waals surface area contributed by atoms with Gasteiger partial charge in [0.15, 0.2) is 0 Å². The molecule has 4 heterocycles. The topological polar surface area (TPSA) is 372 Å². The zero-order chi connectivity index (χ0) is 97.5. The van der Waals surface area contributed by atoms with Crippen molar-refractivity contribution in [1.29, 1.82) is 0 Å². The Morgan fingerprint density at radius 1 is 0.424 bits per heavy atom. The number of hydrogen-bond donors (Lipinski definition) is 5. The van der Waals surface area contributed by atoms with Crippen LogP contribution in [0.5, 0.6) is 0 Å². The number of alkyl halides is 12. The third kappa shape index (κ3) is 30.7. The molecule has 0 saturated carbocycles. The van der Waals surface area contributed by atoms with Gasteiger partial charge in [0.1, 0.15) is 42.3 Å². The zero-order valence-electron chi connectivity index (χ0n) is 71.9. The second-order valence-corrected chi connectivity index (χ2v) is 49.3. The number of nitrogens with one attached hydrogen (secondary N) is 4. The summed E-state index contributed by atoms with van der Waals surface area (Å²) in [7, 11) is -20.2. The number of carbonyl (C=O) groups excluding carboxylic acids is 3. The van der Waals surface area contributed by atoms with Crippen LogP contribution in [0.25, 0.3) is 0 Å². The number of fused-ring (bicyclic) bond motifs is 4. The number of carboxylic acids is 1. The molecule has 4 atom stereocenters. The minimum absolute atomic E-state index is 0. The number of carbonyl (C=O) groups is 4. The Hall–Kier alpha value is -9.58. The molecule has 0 spiro atoms. The molecule has 48 heteroatoms. The number of benzene rings is 4. The van der Waals surface area contributed by atoms with Crippen LogP contribution in [0.3, 0.4) is 0 Å². The van der Waals surface area contributed by atoms with E-state index in [9.17, 15) is 106 Å². The third-order valence-electron chi connectivity index (χ3n) is 19.8. The molecule has 0 radical (unpaired) electrons. The fourth-order valence-corrected chi connectivity index (χ4v) is 20.2. The van der Waals surface area contributed by atoms with Crippen molar-refractivity contribution < 1.29 is 125 Å². The number of aliphatic carboxylic acids is 1. The van der Waals surface area contributed by atoms with E-state index in [1.54, 1.807) is 20.8 Å². The molecule has 8 aromatic rings. The maximum atomic E-state index is 13.5. The summed E-state index contributed by atoms with van der Waals surface area (Å²) in [5.41, 5.74) is 5.79. The number of sulfonamides is 4. The number of esters is 3. The fourth-order valence-electron chi connectivity index (χ4n) is 13.8. The molecular weight excluding hydrogens is 2040 g/mol. The molecule has 714 valence electrons. The predicted molar refractivity (Wildman–Crippen MR) is 472 cm³/mol. The van der Waals surface area contributed by atoms with Crippen molar-refractivity contribution in [2.75, 3.05) is 19.8 Å². The molecule has 5 N–H and O–H groups in total. The number of carboxylic acid groups (broad SMARTS) is 1. The summed E-state index contributed by atoms with van der Waals surface area (Å²) in [5.74, 6) is 4.33. The molecular formula is C84H96BrF12InN12O16S4Si2. The Morgan fingerprint density at radius 3 is 0.917 bits per heavy atom. The van der Waals surface area contributed by atoms with E-state index in [4.69, 9.17) is 38.6 Å². The van der Waals surface area contributed by atoms with Crippen LogP contribution in [0.15, 0.2) is 122 Å². The summed E-state index contributed by atoms with van der Waals surface area (Å²) < 4.78 is 292. The van der Waals surface area contributed by atoms with Crippen molar-refractivity contribution in [2.24, 2.45) is 0 Å². The van der Waals surface area contributed by atoms with Crippen molar-refractivity contribution in [3.63, 3.8) is 0 Å². The van der Waals surface area contributed by atoms with E-state index < -0.39 is 171 Å². The quantitative estimate of drug-likeness (QED) is 0.0131. The van der Waals surface area contributed by atoms with Gasteiger partial charge in [-0.2, -0.15) is 73.1 Å². The zero-order valence-corrected chi connectivity index (χ0v) is 78.8. The average molecular weight is 2140 g/mol. The first-order chi connectivity index (χ1) is 60.8. The monoisotopic (exact) mass is 2130 g/mol. The summed E-state index contributed by atoms with van der Waals surface area (Å²) in [6, 6.07) is 6.91. The third-order valence-corrected chi connectivity index (χ3v) is 27.8. The standard InChI is InChI=1S/C23H28F3N3O4SSi.C20H20F3N3O4S.C18H19BrF3N3O4S.C18H16F3N3O4S.C5H10Si.In.3H/c1-5-33-22(30)15-29-21-8-6-7-20(19(21)14-27-29)28-34(31,32)18-12-16(9-10-35(2,3)4)11-17(13-18)23(24,25)26;1-3-13-8-14(20(21,22)23)10-15(9-13)31(28,29)25-17-6-5-7-18-16(17)11-24-26(18)12-19(27)30-4-2;1-2-29-17(26)10-25-16-5-3-4-15(14(16)9-23-25)24-30(27,28)13-7-11(18(20,21)22)6-12(19)8-13;1-2-11-6-12(18(19,20)21)8-13(7-11)29(27,28)23-15-4-3-5-16-14(15)9-22-24(16)10-17(25)26;1-5-6(2,3)4;;;;/h11-14,20,28H,5-8,15H2,1-4H3;1,8-11,17,25H,4-7,12H2,2H3;6-9,15,24H,2-5,10H2,1H3;1,6-9,15,23H,3-5,10H2,(H,25,26);1H,2-4H3;;;;. The molecule has 0 amide bonds. The number of aromatic nitrogens is 8. The van der Waals surface area contributed by atoms with Crippen LogP contribution in [0.1, 0.15) is 180 Å². The summed E-state index contributed by atoms with van der Waals surface area (Å²) in [4.78, 5) is 44.2. The second kappa shape index (κ2) is 45.2. The van der Waals surface area contributed by atoms with E-state index in [0.717, 1.165) is 36.4 Å². The number of halogens is 13. The van der Waals surface area contributed by atoms with Gasteiger partial charge in [-0.1, -0.05) is 73.0 Å². The number of nitrogens with zero attached hydrogens (tertiary/aromatic N) is 8. The van der Waals surface area contributed by atoms with Gasteiger partial charge in [0.05, 0.1) is 111 Å². The molecule has 28 nitrogen and oxygen atoms in total. The van der Waals surface area contributed by atoms with Crippen molar-refractivity contribution in [3.05, 3.63) is 186 Å². The predicted octanol–water partition coefficient (Wildman–Crippen LogP) is 13.1. The van der Waals surface area contributed by atoms with Crippen LogP contribution >= 0.6 is 15.9 Å². The maximum absolute atomic E-state index is 13.5. The van der Waals surface area contributed by atoms with Crippen LogP contribution in [-0.4, -0.2) is 164 Å². The van der Waals surface area contributed by atoms with Crippen LogP contribution in [0.4, 0.5) is 52.7 Å². The first-order valence-corrected chi connectivity index (χ1v) is 54.0. The summed E-state index contributed by atoms with van der Waals surface area (Å²) in [6.45, 7) is 17.3. The number of hydrogen-bond acceptors (Lipinski definition) is 19. The van der Waals surface area contributed by atoms with E-state index in [2.05, 4.69) is 97.8 Å². The normalized spacial score (nSPS) is 16.2.